The molecular formula is C21H28LiN2-. The first-order valence-corrected chi connectivity index (χ1v) is 8.42. The fourth-order valence-corrected chi connectivity index (χ4v) is 3.06. The van der Waals surface area contributed by atoms with Gasteiger partial charge in [0.05, 0.1) is 0 Å². The van der Waals surface area contributed by atoms with Crippen molar-refractivity contribution in [1.82, 2.24) is 0 Å². The first-order valence-electron chi connectivity index (χ1n) is 8.42. The summed E-state index contributed by atoms with van der Waals surface area (Å²) in [7, 11) is 0. The average Bonchev–Trinajstić information content (AvgIpc) is 2.47. The number of benzene rings is 2. The van der Waals surface area contributed by atoms with Crippen LogP contribution in [0.15, 0.2) is 36.4 Å². The van der Waals surface area contributed by atoms with E-state index in [1.54, 1.807) is 0 Å². The van der Waals surface area contributed by atoms with Crippen LogP contribution in [0.25, 0.3) is 10.6 Å². The Labute approximate surface area is 159 Å². The van der Waals surface area contributed by atoms with E-state index in [9.17, 15) is 0 Å². The van der Waals surface area contributed by atoms with Crippen LogP contribution in [0.2, 0.25) is 0 Å². The third-order valence-electron chi connectivity index (χ3n) is 4.26. The van der Waals surface area contributed by atoms with E-state index in [2.05, 4.69) is 77.9 Å². The summed E-state index contributed by atoms with van der Waals surface area (Å²) in [6, 6.07) is 13.2. The van der Waals surface area contributed by atoms with Crippen LogP contribution in [0.4, 0.5) is 11.4 Å². The second-order valence-electron chi connectivity index (χ2n) is 6.67. The van der Waals surface area contributed by atoms with Crippen molar-refractivity contribution < 1.29 is 18.9 Å². The second kappa shape index (κ2) is 9.21. The van der Waals surface area contributed by atoms with Crippen LogP contribution in [0.3, 0.4) is 0 Å². The molecule has 0 saturated carbocycles. The zero-order chi connectivity index (χ0) is 17.0. The SMILES string of the molecule is Cc1cccc(C)c1[N-]C(C)CC(C)[N-]c1c(C)cccc1C.[Li+]. The van der Waals surface area contributed by atoms with Crippen molar-refractivity contribution >= 4 is 11.4 Å². The number of aryl methyl sites for hydroxylation is 4. The van der Waals surface area contributed by atoms with Crippen molar-refractivity contribution in [2.75, 3.05) is 0 Å². The molecule has 2 unspecified atom stereocenters. The molecule has 0 aliphatic rings. The molecule has 0 aliphatic carbocycles. The Balaban J connectivity index is 0.00000288. The molecule has 0 N–H and O–H groups in total. The quantitative estimate of drug-likeness (QED) is 0.725. The third kappa shape index (κ3) is 5.33. The summed E-state index contributed by atoms with van der Waals surface area (Å²) in [6.07, 6.45) is 0.960. The molecule has 2 atom stereocenters. The fraction of sp³-hybridized carbons (Fsp3) is 0.429. The van der Waals surface area contributed by atoms with E-state index in [1.165, 1.54) is 22.3 Å². The van der Waals surface area contributed by atoms with Gasteiger partial charge in [0.1, 0.15) is 0 Å². The minimum Gasteiger partial charge on any atom is -0.681 e. The number of rotatable bonds is 6. The van der Waals surface area contributed by atoms with Crippen molar-refractivity contribution in [2.45, 2.75) is 60.0 Å². The predicted octanol–water partition coefficient (Wildman–Crippen LogP) is 3.80. The molecule has 0 bridgehead atoms. The summed E-state index contributed by atoms with van der Waals surface area (Å²) in [5, 5.41) is 9.85. The Hall–Kier alpha value is -1.36. The number of hydrogen-bond donors (Lipinski definition) is 0. The van der Waals surface area contributed by atoms with Crippen LogP contribution in [-0.4, -0.2) is 12.1 Å². The van der Waals surface area contributed by atoms with Gasteiger partial charge in [-0.2, -0.15) is 0 Å². The van der Waals surface area contributed by atoms with E-state index in [0.717, 1.165) is 17.8 Å². The third-order valence-corrected chi connectivity index (χ3v) is 4.26. The van der Waals surface area contributed by atoms with Crippen LogP contribution >= 0.6 is 0 Å². The Morgan fingerprint density at radius 1 is 0.667 bits per heavy atom. The maximum Gasteiger partial charge on any atom is 1.00 e. The maximum atomic E-state index is 4.92. The Morgan fingerprint density at radius 3 is 1.25 bits per heavy atom. The van der Waals surface area contributed by atoms with Gasteiger partial charge < -0.3 is 10.6 Å². The van der Waals surface area contributed by atoms with E-state index in [-0.39, 0.29) is 30.9 Å². The van der Waals surface area contributed by atoms with Gasteiger partial charge in [0.2, 0.25) is 0 Å². The molecule has 124 valence electrons. The van der Waals surface area contributed by atoms with Gasteiger partial charge in [-0.15, -0.1) is 23.5 Å². The van der Waals surface area contributed by atoms with Gasteiger partial charge in [-0.3, -0.25) is 0 Å². The summed E-state index contributed by atoms with van der Waals surface area (Å²) in [4.78, 5) is 0. The van der Waals surface area contributed by atoms with E-state index < -0.39 is 0 Å². The standard InChI is InChI=1S/C21H28N2.Li/c1-14-9-7-10-15(2)20(14)22-18(5)13-19(6)23-21-16(3)11-8-12-17(21)4;/h7-12,18-19H,13H2,1-6H3;/q-2;+1. The molecule has 0 aromatic heterocycles. The second-order valence-corrected chi connectivity index (χ2v) is 6.67. The molecule has 0 spiro atoms. The van der Waals surface area contributed by atoms with Crippen LogP contribution in [0.1, 0.15) is 42.5 Å². The van der Waals surface area contributed by atoms with Crippen molar-refractivity contribution in [2.24, 2.45) is 0 Å². The van der Waals surface area contributed by atoms with Gasteiger partial charge in [0.25, 0.3) is 0 Å². The average molecular weight is 315 g/mol. The van der Waals surface area contributed by atoms with Crippen LogP contribution < -0.4 is 18.9 Å². The minimum atomic E-state index is 0. The molecule has 0 radical (unpaired) electrons. The summed E-state index contributed by atoms with van der Waals surface area (Å²) < 4.78 is 0. The molecular weight excluding hydrogens is 287 g/mol. The Bertz CT molecular complexity index is 569. The molecule has 0 amide bonds. The van der Waals surface area contributed by atoms with Crippen molar-refractivity contribution in [3.05, 3.63) is 69.3 Å². The van der Waals surface area contributed by atoms with Crippen LogP contribution in [-0.2, 0) is 0 Å². The molecule has 0 fully saturated rings. The fourth-order valence-electron chi connectivity index (χ4n) is 3.06. The minimum absolute atomic E-state index is 0. The van der Waals surface area contributed by atoms with Gasteiger partial charge in [0, 0.05) is 0 Å². The zero-order valence-corrected chi connectivity index (χ0v) is 16.2. The summed E-state index contributed by atoms with van der Waals surface area (Å²) in [5.41, 5.74) is 7.26. The molecule has 2 aromatic rings. The molecule has 0 heterocycles. The van der Waals surface area contributed by atoms with Gasteiger partial charge in [-0.05, 0) is 27.7 Å². The van der Waals surface area contributed by atoms with Crippen molar-refractivity contribution in [1.29, 1.82) is 0 Å². The van der Waals surface area contributed by atoms with Gasteiger partial charge in [0.15, 0.2) is 0 Å². The van der Waals surface area contributed by atoms with Crippen molar-refractivity contribution in [3.63, 3.8) is 0 Å². The van der Waals surface area contributed by atoms with Crippen LogP contribution in [0.5, 0.6) is 0 Å². The molecule has 3 heteroatoms. The first kappa shape index (κ1) is 20.7. The first-order chi connectivity index (χ1) is 10.9. The summed E-state index contributed by atoms with van der Waals surface area (Å²) >= 11 is 0. The maximum absolute atomic E-state index is 4.92. The largest absolute Gasteiger partial charge is 1.00 e. The molecule has 2 aromatic carbocycles. The Morgan fingerprint density at radius 2 is 0.958 bits per heavy atom. The molecule has 0 aliphatic heterocycles. The van der Waals surface area contributed by atoms with E-state index in [4.69, 9.17) is 10.6 Å². The normalized spacial score (nSPS) is 12.9. The van der Waals surface area contributed by atoms with E-state index in [1.807, 2.05) is 0 Å². The summed E-state index contributed by atoms with van der Waals surface area (Å²) in [5.74, 6) is 0. The van der Waals surface area contributed by atoms with E-state index in [0.29, 0.717) is 0 Å². The summed E-state index contributed by atoms with van der Waals surface area (Å²) in [6.45, 7) is 12.9. The number of hydrogen-bond acceptors (Lipinski definition) is 0. The molecule has 24 heavy (non-hydrogen) atoms. The number of nitrogens with zero attached hydrogens (tertiary/aromatic N) is 2. The molecule has 2 rings (SSSR count). The van der Waals surface area contributed by atoms with Gasteiger partial charge in [-0.1, -0.05) is 78.9 Å². The zero-order valence-electron chi connectivity index (χ0n) is 16.2. The van der Waals surface area contributed by atoms with Crippen LogP contribution in [0, 0.1) is 27.7 Å². The van der Waals surface area contributed by atoms with E-state index >= 15 is 0 Å². The smallest absolute Gasteiger partial charge is 0.681 e. The van der Waals surface area contributed by atoms with Gasteiger partial charge in [-0.25, -0.2) is 0 Å². The van der Waals surface area contributed by atoms with Gasteiger partial charge >= 0.3 is 18.9 Å². The molecule has 0 saturated heterocycles. The predicted molar refractivity (Wildman–Crippen MR) is 101 cm³/mol. The van der Waals surface area contributed by atoms with Crippen molar-refractivity contribution in [3.8, 4) is 0 Å². The number of para-hydroxylation sites is 2. The topological polar surface area (TPSA) is 28.2 Å². The Kier molecular flexibility index (Phi) is 7.93. The molecule has 2 nitrogen and oxygen atoms in total. The monoisotopic (exact) mass is 315 g/mol.